The number of nitrogens with one attached hydrogen (secondary N) is 3. The van der Waals surface area contributed by atoms with Crippen molar-refractivity contribution in [1.82, 2.24) is 16.0 Å². The van der Waals surface area contributed by atoms with Gasteiger partial charge in [-0.05, 0) is 18.3 Å². The van der Waals surface area contributed by atoms with Crippen molar-refractivity contribution in [2.45, 2.75) is 6.04 Å². The summed E-state index contributed by atoms with van der Waals surface area (Å²) < 4.78 is 19.8. The van der Waals surface area contributed by atoms with Gasteiger partial charge in [0.05, 0.1) is 32.3 Å². The summed E-state index contributed by atoms with van der Waals surface area (Å²) in [5.41, 5.74) is 0. The zero-order chi connectivity index (χ0) is 16.9. The quantitative estimate of drug-likeness (QED) is 0.227. The summed E-state index contributed by atoms with van der Waals surface area (Å²) in [6, 6.07) is 0.000379. The Labute approximate surface area is 139 Å². The summed E-state index contributed by atoms with van der Waals surface area (Å²) in [5.74, 6) is -0.332. The smallest absolute Gasteiger partial charge is 0.432 e. The molecule has 1 amide bonds. The first-order valence-corrected chi connectivity index (χ1v) is 7.42. The number of amides is 1. The first-order chi connectivity index (χ1) is 11.1. The van der Waals surface area contributed by atoms with E-state index < -0.39 is 6.16 Å². The van der Waals surface area contributed by atoms with E-state index in [4.69, 9.17) is 31.2 Å². The van der Waals surface area contributed by atoms with E-state index >= 15 is 0 Å². The van der Waals surface area contributed by atoms with Gasteiger partial charge < -0.3 is 34.9 Å². The van der Waals surface area contributed by atoms with Gasteiger partial charge in [0, 0.05) is 0 Å². The van der Waals surface area contributed by atoms with Crippen LogP contribution in [0.3, 0.4) is 0 Å². The minimum Gasteiger partial charge on any atom is -0.432 e. The second-order valence-electron chi connectivity index (χ2n) is 4.40. The fourth-order valence-electron chi connectivity index (χ4n) is 1.53. The van der Waals surface area contributed by atoms with E-state index in [1.165, 1.54) is 0 Å². The Balaban J connectivity index is 1.96. The van der Waals surface area contributed by atoms with Gasteiger partial charge >= 0.3 is 6.16 Å². The van der Waals surface area contributed by atoms with Crippen molar-refractivity contribution >= 4 is 29.4 Å². The SMILES string of the molecule is C=CC(=O)NCCOC(=O)OCCNC(=S)NC1COCOC1. The molecular formula is C13H21N3O6S. The Morgan fingerprint density at radius 2 is 1.78 bits per heavy atom. The molecule has 1 aliphatic heterocycles. The maximum absolute atomic E-state index is 11.2. The Morgan fingerprint density at radius 1 is 1.17 bits per heavy atom. The number of ether oxygens (including phenoxy) is 4. The van der Waals surface area contributed by atoms with E-state index in [1.807, 2.05) is 0 Å². The number of hydrogen-bond acceptors (Lipinski definition) is 7. The predicted molar refractivity (Wildman–Crippen MR) is 84.8 cm³/mol. The number of thiocarbonyl (C=S) groups is 1. The number of carbonyl (C=O) groups is 2. The summed E-state index contributed by atoms with van der Waals surface area (Å²) in [6.45, 7) is 5.28. The van der Waals surface area contributed by atoms with E-state index in [0.29, 0.717) is 31.7 Å². The number of carbonyl (C=O) groups excluding carboxylic acids is 2. The van der Waals surface area contributed by atoms with Crippen molar-refractivity contribution in [3.8, 4) is 0 Å². The molecule has 3 N–H and O–H groups in total. The summed E-state index contributed by atoms with van der Waals surface area (Å²) in [4.78, 5) is 22.1. The molecule has 0 aromatic heterocycles. The highest BCUT2D eigenvalue weighted by Crippen LogP contribution is 1.96. The molecule has 0 atom stereocenters. The van der Waals surface area contributed by atoms with Gasteiger partial charge in [0.1, 0.15) is 20.0 Å². The van der Waals surface area contributed by atoms with Gasteiger partial charge in [-0.1, -0.05) is 6.58 Å². The van der Waals surface area contributed by atoms with Crippen LogP contribution in [0.2, 0.25) is 0 Å². The third-order valence-corrected chi connectivity index (χ3v) is 2.82. The van der Waals surface area contributed by atoms with Crippen LogP contribution < -0.4 is 16.0 Å². The third-order valence-electron chi connectivity index (χ3n) is 2.55. The minimum absolute atomic E-state index is 0.000379. The molecule has 0 unspecified atom stereocenters. The second kappa shape index (κ2) is 11.6. The normalized spacial score (nSPS) is 14.4. The van der Waals surface area contributed by atoms with E-state index in [2.05, 4.69) is 22.5 Å². The van der Waals surface area contributed by atoms with Crippen LogP contribution >= 0.6 is 12.2 Å². The monoisotopic (exact) mass is 347 g/mol. The molecule has 1 heterocycles. The maximum atomic E-state index is 11.2. The molecule has 0 spiro atoms. The molecule has 0 bridgehead atoms. The Morgan fingerprint density at radius 3 is 2.39 bits per heavy atom. The topological polar surface area (TPSA) is 107 Å². The Hall–Kier alpha value is -1.91. The highest BCUT2D eigenvalue weighted by Gasteiger charge is 2.14. The molecule has 1 fully saturated rings. The average molecular weight is 347 g/mol. The van der Waals surface area contributed by atoms with E-state index in [-0.39, 0.29) is 31.7 Å². The van der Waals surface area contributed by atoms with Crippen LogP contribution in [-0.4, -0.2) is 69.5 Å². The summed E-state index contributed by atoms with van der Waals surface area (Å²) in [6.07, 6.45) is 0.319. The van der Waals surface area contributed by atoms with Crippen LogP contribution in [0.25, 0.3) is 0 Å². The third kappa shape index (κ3) is 9.66. The zero-order valence-electron chi connectivity index (χ0n) is 12.7. The van der Waals surface area contributed by atoms with Gasteiger partial charge in [-0.25, -0.2) is 4.79 Å². The molecule has 0 aromatic rings. The molecule has 0 aromatic carbocycles. The zero-order valence-corrected chi connectivity index (χ0v) is 13.5. The average Bonchev–Trinajstić information content (AvgIpc) is 2.56. The van der Waals surface area contributed by atoms with Crippen LogP contribution in [0.5, 0.6) is 0 Å². The Bertz CT molecular complexity index is 415. The lowest BCUT2D eigenvalue weighted by Gasteiger charge is -2.24. The van der Waals surface area contributed by atoms with Crippen molar-refractivity contribution < 1.29 is 28.5 Å². The predicted octanol–water partition coefficient (Wildman–Crippen LogP) is -0.721. The molecule has 1 rings (SSSR count). The van der Waals surface area contributed by atoms with E-state index in [0.717, 1.165) is 6.08 Å². The lowest BCUT2D eigenvalue weighted by Crippen LogP contribution is -2.48. The molecule has 1 aliphatic rings. The molecule has 23 heavy (non-hydrogen) atoms. The van der Waals surface area contributed by atoms with Crippen LogP contribution in [-0.2, 0) is 23.7 Å². The molecule has 0 aliphatic carbocycles. The largest absolute Gasteiger partial charge is 0.508 e. The first kappa shape index (κ1) is 19.1. The van der Waals surface area contributed by atoms with Gasteiger partial charge in [0.25, 0.3) is 0 Å². The van der Waals surface area contributed by atoms with Gasteiger partial charge in [-0.2, -0.15) is 0 Å². The highest BCUT2D eigenvalue weighted by molar-refractivity contribution is 7.80. The maximum Gasteiger partial charge on any atom is 0.508 e. The van der Waals surface area contributed by atoms with Gasteiger partial charge in [-0.15, -0.1) is 0 Å². The molecule has 0 radical (unpaired) electrons. The summed E-state index contributed by atoms with van der Waals surface area (Å²) in [7, 11) is 0. The van der Waals surface area contributed by atoms with Gasteiger partial charge in [0.2, 0.25) is 5.91 Å². The van der Waals surface area contributed by atoms with Crippen molar-refractivity contribution in [3.63, 3.8) is 0 Å². The van der Waals surface area contributed by atoms with Crippen LogP contribution in [0.15, 0.2) is 12.7 Å². The molecule has 1 saturated heterocycles. The summed E-state index contributed by atoms with van der Waals surface area (Å²) >= 11 is 5.08. The summed E-state index contributed by atoms with van der Waals surface area (Å²) in [5, 5.41) is 8.78. The van der Waals surface area contributed by atoms with E-state index in [1.54, 1.807) is 0 Å². The Kier molecular flexibility index (Phi) is 9.68. The van der Waals surface area contributed by atoms with Gasteiger partial charge in [-0.3, -0.25) is 4.79 Å². The molecule has 0 saturated carbocycles. The second-order valence-corrected chi connectivity index (χ2v) is 4.81. The van der Waals surface area contributed by atoms with Crippen molar-refractivity contribution in [2.24, 2.45) is 0 Å². The lowest BCUT2D eigenvalue weighted by atomic mass is 10.3. The van der Waals surface area contributed by atoms with Crippen molar-refractivity contribution in [1.29, 1.82) is 0 Å². The number of rotatable bonds is 8. The van der Waals surface area contributed by atoms with Crippen molar-refractivity contribution in [3.05, 3.63) is 12.7 Å². The molecular weight excluding hydrogens is 326 g/mol. The molecule has 130 valence electrons. The fraction of sp³-hybridized carbons (Fsp3) is 0.615. The van der Waals surface area contributed by atoms with Crippen LogP contribution in [0.1, 0.15) is 0 Å². The standard InChI is InChI=1S/C13H21N3O6S/c1-2-11(17)14-3-5-21-13(18)22-6-4-15-12(23)16-10-7-19-9-20-8-10/h2,10H,1,3-9H2,(H,14,17)(H2,15,16,23). The van der Waals surface area contributed by atoms with Gasteiger partial charge in [0.15, 0.2) is 5.11 Å². The minimum atomic E-state index is -0.812. The van der Waals surface area contributed by atoms with Crippen LogP contribution in [0, 0.1) is 0 Å². The van der Waals surface area contributed by atoms with E-state index in [9.17, 15) is 9.59 Å². The molecule has 10 heteroatoms. The number of hydrogen-bond donors (Lipinski definition) is 3. The lowest BCUT2D eigenvalue weighted by molar-refractivity contribution is -0.116. The van der Waals surface area contributed by atoms with Crippen LogP contribution in [0.4, 0.5) is 4.79 Å². The first-order valence-electron chi connectivity index (χ1n) is 7.01. The molecule has 9 nitrogen and oxygen atoms in total. The fourth-order valence-corrected chi connectivity index (χ4v) is 1.80. The van der Waals surface area contributed by atoms with Crippen molar-refractivity contribution in [2.75, 3.05) is 46.3 Å². The highest BCUT2D eigenvalue weighted by atomic mass is 32.1.